The minimum atomic E-state index is -1.93. The van der Waals surface area contributed by atoms with Crippen LogP contribution in [0.1, 0.15) is 113 Å². The van der Waals surface area contributed by atoms with Crippen molar-refractivity contribution < 1.29 is 69.4 Å². The second kappa shape index (κ2) is 14.2. The molecule has 5 aliphatic carbocycles. The van der Waals surface area contributed by atoms with Gasteiger partial charge in [-0.05, 0) is 109 Å². The molecule has 4 saturated carbocycles. The van der Waals surface area contributed by atoms with E-state index in [1.807, 2.05) is 0 Å². The molecule has 2 saturated heterocycles. The molecule has 6 fully saturated rings. The van der Waals surface area contributed by atoms with Gasteiger partial charge >= 0.3 is 11.9 Å². The van der Waals surface area contributed by atoms with E-state index in [1.54, 1.807) is 0 Å². The molecule has 0 aromatic heterocycles. The lowest BCUT2D eigenvalue weighted by atomic mass is 9.33. The van der Waals surface area contributed by atoms with Crippen LogP contribution in [0, 0.1) is 50.2 Å². The molecule has 2 aliphatic heterocycles. The van der Waals surface area contributed by atoms with E-state index in [2.05, 4.69) is 54.5 Å². The molecule has 318 valence electrons. The first-order chi connectivity index (χ1) is 26.0. The van der Waals surface area contributed by atoms with Crippen molar-refractivity contribution >= 4 is 11.9 Å². The summed E-state index contributed by atoms with van der Waals surface area (Å²) >= 11 is 0. The maximum absolute atomic E-state index is 13.0. The number of carboxylic acids is 2. The SMILES string of the molecule is CC1(C)CC[C@]2(C(=O)O)CC[C@]3(C)C(=CC[C@@H]4[C@@]5(C)CC[C@H](O[C@@H]6O[C@H](C(=O)O)[C@@H](O)[C@H](O[C@@H]7O[C@H](CO)[C@@H](O)[C@H](O)[C@H]7O)[C@H]6O)C(C)(C)[C@@H]5CC[C@]43C)[C@@H]2C1. The lowest BCUT2D eigenvalue weighted by Gasteiger charge is -2.71. The van der Waals surface area contributed by atoms with Crippen molar-refractivity contribution in [3.8, 4) is 0 Å². The highest BCUT2D eigenvalue weighted by atomic mass is 16.7. The van der Waals surface area contributed by atoms with E-state index in [-0.39, 0.29) is 33.5 Å². The quantitative estimate of drug-likeness (QED) is 0.137. The van der Waals surface area contributed by atoms with E-state index in [9.17, 15) is 50.4 Å². The highest BCUT2D eigenvalue weighted by molar-refractivity contribution is 5.76. The van der Waals surface area contributed by atoms with E-state index in [0.717, 1.165) is 51.4 Å². The normalized spacial score (nSPS) is 52.3. The third-order valence-electron chi connectivity index (χ3n) is 17.2. The average molecular weight is 795 g/mol. The van der Waals surface area contributed by atoms with E-state index in [1.165, 1.54) is 5.57 Å². The number of aliphatic hydroxyl groups excluding tert-OH is 6. The molecule has 7 aliphatic rings. The van der Waals surface area contributed by atoms with Crippen LogP contribution in [0.15, 0.2) is 11.6 Å². The Morgan fingerprint density at radius 2 is 1.41 bits per heavy atom. The summed E-state index contributed by atoms with van der Waals surface area (Å²) in [7, 11) is 0. The molecule has 18 atom stereocenters. The van der Waals surface area contributed by atoms with Crippen molar-refractivity contribution in [2.45, 2.75) is 180 Å². The smallest absolute Gasteiger partial charge is 0.335 e. The number of hydrogen-bond donors (Lipinski definition) is 8. The summed E-state index contributed by atoms with van der Waals surface area (Å²) in [4.78, 5) is 25.4. The monoisotopic (exact) mass is 794 g/mol. The van der Waals surface area contributed by atoms with Gasteiger partial charge in [0.15, 0.2) is 18.7 Å². The summed E-state index contributed by atoms with van der Waals surface area (Å²) in [5.74, 6) is -1.64. The van der Waals surface area contributed by atoms with Crippen molar-refractivity contribution in [3.05, 3.63) is 11.6 Å². The maximum atomic E-state index is 13.0. The van der Waals surface area contributed by atoms with Crippen LogP contribution in [0.4, 0.5) is 0 Å². The Bertz CT molecular complexity index is 1560. The van der Waals surface area contributed by atoms with Crippen LogP contribution in [-0.4, -0.2) is 127 Å². The lowest BCUT2D eigenvalue weighted by molar-refractivity contribution is -0.365. The summed E-state index contributed by atoms with van der Waals surface area (Å²) in [5, 5.41) is 84.1. The lowest BCUT2D eigenvalue weighted by Crippen LogP contribution is -2.67. The molecule has 0 spiro atoms. The summed E-state index contributed by atoms with van der Waals surface area (Å²) in [6.07, 6.45) is -7.02. The van der Waals surface area contributed by atoms with Crippen LogP contribution < -0.4 is 0 Å². The van der Waals surface area contributed by atoms with Crippen LogP contribution in [0.5, 0.6) is 0 Å². The predicted octanol–water partition coefficient (Wildman–Crippen LogP) is 2.97. The molecule has 0 unspecified atom stereocenters. The van der Waals surface area contributed by atoms with Crippen molar-refractivity contribution in [2.75, 3.05) is 6.61 Å². The Balaban J connectivity index is 1.13. The summed E-state index contributed by atoms with van der Waals surface area (Å²) in [6, 6.07) is 0. The highest BCUT2D eigenvalue weighted by Crippen LogP contribution is 2.76. The van der Waals surface area contributed by atoms with Crippen molar-refractivity contribution in [1.29, 1.82) is 0 Å². The standard InChI is InChI=1S/C42H66O14/c1-37(2)14-16-42(36(51)52)17-15-40(6)20(21(42)18-37)8-9-24-39(5)12-11-25(38(3,4)23(39)10-13-41(24,40)7)54-35-30(48)31(29(47)32(56-35)33(49)50)55-34-28(46)27(45)26(44)22(19-43)53-34/h8,21-32,34-35,43-48H,9-19H2,1-7H3,(H,49,50)(H,51,52)/t21-,22+,23-,24+,25-,26+,27-,28+,29-,30+,31-,32-,34-,35+,39-,40+,41+,42-/m0/s1. The number of rotatable bonds is 7. The molecule has 0 bridgehead atoms. The van der Waals surface area contributed by atoms with E-state index in [0.29, 0.717) is 18.8 Å². The molecular formula is C42H66O14. The fourth-order valence-corrected chi connectivity index (χ4v) is 13.7. The molecule has 14 nitrogen and oxygen atoms in total. The van der Waals surface area contributed by atoms with Gasteiger partial charge in [-0.1, -0.05) is 60.1 Å². The van der Waals surface area contributed by atoms with Crippen LogP contribution in [0.3, 0.4) is 0 Å². The number of allylic oxidation sites excluding steroid dienone is 2. The third kappa shape index (κ3) is 6.17. The molecule has 0 aromatic carbocycles. The number of carbonyl (C=O) groups is 2. The zero-order chi connectivity index (χ0) is 41.1. The van der Waals surface area contributed by atoms with Crippen molar-refractivity contribution in [1.82, 2.24) is 0 Å². The molecule has 0 radical (unpaired) electrons. The van der Waals surface area contributed by atoms with Gasteiger partial charge in [0.25, 0.3) is 0 Å². The minimum absolute atomic E-state index is 0.0231. The Kier molecular flexibility index (Phi) is 10.8. The van der Waals surface area contributed by atoms with E-state index >= 15 is 0 Å². The number of fused-ring (bicyclic) bond motifs is 7. The minimum Gasteiger partial charge on any atom is -0.481 e. The number of carboxylic acid groups (broad SMARTS) is 2. The Labute approximate surface area is 329 Å². The number of hydrogen-bond acceptors (Lipinski definition) is 12. The van der Waals surface area contributed by atoms with Crippen LogP contribution in [0.25, 0.3) is 0 Å². The average Bonchev–Trinajstić information content (AvgIpc) is 3.11. The Morgan fingerprint density at radius 3 is 2.05 bits per heavy atom. The summed E-state index contributed by atoms with van der Waals surface area (Å²) in [6.45, 7) is 15.4. The zero-order valence-electron chi connectivity index (χ0n) is 34.0. The van der Waals surface area contributed by atoms with Crippen molar-refractivity contribution in [3.63, 3.8) is 0 Å². The van der Waals surface area contributed by atoms with Gasteiger partial charge in [-0.25, -0.2) is 4.79 Å². The fraction of sp³-hybridized carbons (Fsp3) is 0.905. The van der Waals surface area contributed by atoms with Gasteiger partial charge in [-0.2, -0.15) is 0 Å². The summed E-state index contributed by atoms with van der Waals surface area (Å²) < 4.78 is 23.5. The topological polar surface area (TPSA) is 233 Å². The van der Waals surface area contributed by atoms with Gasteiger partial charge in [-0.3, -0.25) is 4.79 Å². The molecule has 56 heavy (non-hydrogen) atoms. The second-order valence-corrected chi connectivity index (χ2v) is 20.7. The maximum Gasteiger partial charge on any atom is 0.335 e. The van der Waals surface area contributed by atoms with E-state index < -0.39 is 96.9 Å². The first-order valence-corrected chi connectivity index (χ1v) is 20.8. The molecular weight excluding hydrogens is 728 g/mol. The molecule has 7 rings (SSSR count). The highest BCUT2D eigenvalue weighted by Gasteiger charge is 2.69. The molecule has 0 amide bonds. The largest absolute Gasteiger partial charge is 0.481 e. The van der Waals surface area contributed by atoms with Crippen LogP contribution >= 0.6 is 0 Å². The predicted molar refractivity (Wildman–Crippen MR) is 198 cm³/mol. The number of aliphatic carboxylic acids is 2. The molecule has 2 heterocycles. The van der Waals surface area contributed by atoms with Crippen LogP contribution in [-0.2, 0) is 28.5 Å². The van der Waals surface area contributed by atoms with Gasteiger partial charge in [0.1, 0.15) is 42.7 Å². The first-order valence-electron chi connectivity index (χ1n) is 20.8. The van der Waals surface area contributed by atoms with Gasteiger partial charge < -0.3 is 59.8 Å². The van der Waals surface area contributed by atoms with Crippen molar-refractivity contribution in [2.24, 2.45) is 50.2 Å². The van der Waals surface area contributed by atoms with Gasteiger partial charge in [-0.15, -0.1) is 0 Å². The zero-order valence-corrected chi connectivity index (χ0v) is 34.0. The van der Waals surface area contributed by atoms with Gasteiger partial charge in [0.05, 0.1) is 18.1 Å². The third-order valence-corrected chi connectivity index (χ3v) is 17.2. The molecule has 0 aromatic rings. The molecule has 14 heteroatoms. The van der Waals surface area contributed by atoms with Gasteiger partial charge in [0.2, 0.25) is 0 Å². The summed E-state index contributed by atoms with van der Waals surface area (Å²) in [5.41, 5.74) is -0.0185. The second-order valence-electron chi connectivity index (χ2n) is 20.7. The number of aliphatic hydroxyl groups is 6. The van der Waals surface area contributed by atoms with Gasteiger partial charge in [0, 0.05) is 0 Å². The Morgan fingerprint density at radius 1 is 0.750 bits per heavy atom. The van der Waals surface area contributed by atoms with Crippen LogP contribution in [0.2, 0.25) is 0 Å². The fourth-order valence-electron chi connectivity index (χ4n) is 13.7. The van der Waals surface area contributed by atoms with E-state index in [4.69, 9.17) is 18.9 Å². The Hall–Kier alpha value is -1.72. The number of ether oxygens (including phenoxy) is 4. The first kappa shape index (κ1) is 42.4. The molecule has 8 N–H and O–H groups in total.